The van der Waals surface area contributed by atoms with Gasteiger partial charge in [-0.25, -0.2) is 0 Å². The molecule has 11 aliphatic rings. The molecule has 4 saturated heterocycles. The molecule has 23 heteroatoms. The molecule has 4 unspecified atom stereocenters. The molecule has 2 N–H and O–H groups in total. The Bertz CT molecular complexity index is 2200. The molecule has 2 aromatic carbocycles. The fourth-order valence-electron chi connectivity index (χ4n) is 16.6. The fraction of sp³-hybridized carbons (Fsp3) is 0.782. The van der Waals surface area contributed by atoms with Gasteiger partial charge in [-0.2, -0.15) is 0 Å². The molecule has 0 aromatic heterocycles. The van der Waals surface area contributed by atoms with Gasteiger partial charge in [0.25, 0.3) is 0 Å². The van der Waals surface area contributed by atoms with Gasteiger partial charge in [-0.3, -0.25) is 0 Å². The van der Waals surface area contributed by atoms with Crippen molar-refractivity contribution in [1.29, 1.82) is 0 Å². The molecule has 0 amide bonds. The molecule has 14 nitrogen and oxygen atoms in total. The third-order valence-electron chi connectivity index (χ3n) is 20.8. The van der Waals surface area contributed by atoms with E-state index in [1.807, 2.05) is 0 Å². The predicted octanol–water partition coefficient (Wildman–Crippen LogP) is 13.0. The molecule has 4 aliphatic heterocycles. The lowest BCUT2D eigenvalue weighted by Crippen LogP contribution is -2.88. The summed E-state index contributed by atoms with van der Waals surface area (Å²) in [5, 5.41) is 2.28. The first-order valence-corrected chi connectivity index (χ1v) is 48.6. The molecular formula is C55H92O14Si9. The van der Waals surface area contributed by atoms with Crippen molar-refractivity contribution < 1.29 is 59.0 Å². The van der Waals surface area contributed by atoms with Gasteiger partial charge >= 0.3 is 70.7 Å². The topological polar surface area (TPSA) is 151 Å². The first-order valence-electron chi connectivity index (χ1n) is 31.9. The lowest BCUT2D eigenvalue weighted by atomic mass is 10.0. The smallest absolute Gasteiger partial charge is 0.408 e. The zero-order chi connectivity index (χ0) is 53.0. The van der Waals surface area contributed by atoms with Gasteiger partial charge in [0.1, 0.15) is 0 Å². The molecule has 11 fully saturated rings. The van der Waals surface area contributed by atoms with E-state index < -0.39 is 79.0 Å². The van der Waals surface area contributed by atoms with Crippen molar-refractivity contribution in [1.82, 2.24) is 0 Å². The molecular weight excluding hydrogens is 1140 g/mol. The second-order valence-electron chi connectivity index (χ2n) is 26.1. The summed E-state index contributed by atoms with van der Waals surface area (Å²) in [5.41, 5.74) is -1.37. The Kier molecular flexibility index (Phi) is 17.0. The normalized spacial score (nSPS) is 39.8. The fourth-order valence-corrected chi connectivity index (χ4v) is 72.8. The van der Waals surface area contributed by atoms with Gasteiger partial charge in [-0.05, 0) is 107 Å². The van der Waals surface area contributed by atoms with Crippen LogP contribution in [-0.2, 0) is 49.4 Å². The van der Waals surface area contributed by atoms with Gasteiger partial charge in [-0.15, -0.1) is 0 Å². The van der Waals surface area contributed by atoms with Crippen molar-refractivity contribution in [2.75, 3.05) is 0 Å². The minimum absolute atomic E-state index is 0.0982. The molecule has 0 radical (unpaired) electrons. The summed E-state index contributed by atoms with van der Waals surface area (Å²) in [6.07, 6.45) is 33.0. The lowest BCUT2D eigenvalue weighted by Gasteiger charge is -2.65. The van der Waals surface area contributed by atoms with E-state index in [1.165, 1.54) is 0 Å². The SMILES string of the molecule is C[Si](O[Si]1(C2CCCCC2)O[Si]2(C3CCCCC3)O[Si]3(C4CCCCC4)O[Si](O)(O)O[Si]4(C5CCCCC5)O[Si](C5CCCCC5)(O3)O[Si](C3CCCCC3)(O2)O[Si](C2CCCCC2)(O4)O1)(c1ccccc1)c1ccccc1. The van der Waals surface area contributed by atoms with Gasteiger partial charge in [0.15, 0.2) is 0 Å². The largest absolute Gasteiger partial charge is 0.659 e. The summed E-state index contributed by atoms with van der Waals surface area (Å²) >= 11 is 0. The maximum atomic E-state index is 13.3. The molecule has 78 heavy (non-hydrogen) atoms. The third-order valence-corrected chi connectivity index (χ3v) is 62.4. The van der Waals surface area contributed by atoms with Crippen LogP contribution in [0.4, 0.5) is 0 Å². The Morgan fingerprint density at radius 2 is 0.526 bits per heavy atom. The number of hydrogen-bond donors (Lipinski definition) is 2. The minimum atomic E-state index is -5.32. The van der Waals surface area contributed by atoms with E-state index >= 15 is 0 Å². The average Bonchev–Trinajstić information content (AvgIpc) is 3.48. The van der Waals surface area contributed by atoms with Gasteiger partial charge in [-0.1, -0.05) is 196 Å². The van der Waals surface area contributed by atoms with E-state index in [0.29, 0.717) is 0 Å². The molecule has 13 rings (SSSR count). The first-order chi connectivity index (χ1) is 37.9. The van der Waals surface area contributed by atoms with Crippen LogP contribution in [0, 0.1) is 0 Å². The van der Waals surface area contributed by atoms with Gasteiger partial charge in [0.05, 0.1) is 0 Å². The predicted molar refractivity (Wildman–Crippen MR) is 315 cm³/mol. The molecule has 6 bridgehead atoms. The Morgan fingerprint density at radius 3 is 0.782 bits per heavy atom. The molecule has 2 aromatic rings. The highest BCUT2D eigenvalue weighted by Gasteiger charge is 2.86. The minimum Gasteiger partial charge on any atom is -0.408 e. The van der Waals surface area contributed by atoms with Crippen molar-refractivity contribution in [2.45, 2.75) is 270 Å². The van der Waals surface area contributed by atoms with Crippen LogP contribution < -0.4 is 10.4 Å². The summed E-state index contributed by atoms with van der Waals surface area (Å²) in [4.78, 5) is 26.6. The quantitative estimate of drug-likeness (QED) is 0.205. The van der Waals surface area contributed by atoms with E-state index in [1.54, 1.807) is 0 Å². The number of hydrogen-bond acceptors (Lipinski definition) is 14. The van der Waals surface area contributed by atoms with E-state index in [-0.39, 0.29) is 38.8 Å². The highest BCUT2D eigenvalue weighted by molar-refractivity contribution is 7.05. The van der Waals surface area contributed by atoms with Crippen molar-refractivity contribution in [2.24, 2.45) is 0 Å². The van der Waals surface area contributed by atoms with Crippen molar-refractivity contribution in [3.63, 3.8) is 0 Å². The highest BCUT2D eigenvalue weighted by atomic mass is 28.6. The van der Waals surface area contributed by atoms with Crippen molar-refractivity contribution in [3.05, 3.63) is 60.7 Å². The van der Waals surface area contributed by atoms with Crippen LogP contribution in [0.5, 0.6) is 0 Å². The van der Waals surface area contributed by atoms with E-state index in [0.717, 1.165) is 235 Å². The molecule has 4 atom stereocenters. The molecule has 432 valence electrons. The van der Waals surface area contributed by atoms with Crippen LogP contribution in [-0.4, -0.2) is 88.6 Å². The maximum absolute atomic E-state index is 13.3. The third kappa shape index (κ3) is 10.9. The van der Waals surface area contributed by atoms with Gasteiger partial charge in [0, 0.05) is 38.8 Å². The monoisotopic (exact) mass is 1230 g/mol. The standard InChI is InChI=1S/C55H92O14Si9/c1-70(47-29-11-2-12-30-47,48-31-13-3-14-32-48)58-71(49-33-15-4-16-34-49)59-72(50-35-17-5-18-36-50)61-74(52-39-21-7-22-40-52)62-73(60-71,51-37-19-6-20-38-51)65-77(55-45-27-10-28-46-55)67-75(63-74,53-41-23-8-24-42-53)66-76(64-72,68-78(56,57)69-77)54-43-25-9-26-44-54/h2-3,11-14,29-32,49-57H,4-10,15-28,33-46H2,1H3. The van der Waals surface area contributed by atoms with Crippen molar-refractivity contribution in [3.8, 4) is 0 Å². The number of fused-ring (bicyclic) bond motifs is 4. The second kappa shape index (κ2) is 23.3. The number of benzene rings is 2. The highest BCUT2D eigenvalue weighted by Crippen LogP contribution is 2.63. The second-order valence-corrected chi connectivity index (χ2v) is 54.4. The van der Waals surface area contributed by atoms with Crippen LogP contribution in [0.1, 0.15) is 225 Å². The Balaban J connectivity index is 1.15. The van der Waals surface area contributed by atoms with Gasteiger partial charge in [0.2, 0.25) is 8.32 Å². The molecule has 0 spiro atoms. The Morgan fingerprint density at radius 1 is 0.308 bits per heavy atom. The zero-order valence-electron chi connectivity index (χ0n) is 46.9. The Hall–Kier alpha value is -0.168. The summed E-state index contributed by atoms with van der Waals surface area (Å²) in [5.74, 6) is 0. The van der Waals surface area contributed by atoms with E-state index in [2.05, 4.69) is 67.2 Å². The molecule has 7 aliphatic carbocycles. The van der Waals surface area contributed by atoms with Crippen LogP contribution in [0.25, 0.3) is 0 Å². The van der Waals surface area contributed by atoms with Crippen LogP contribution in [0.15, 0.2) is 60.7 Å². The van der Waals surface area contributed by atoms with Crippen LogP contribution in [0.2, 0.25) is 45.3 Å². The van der Waals surface area contributed by atoms with Gasteiger partial charge < -0.3 is 59.0 Å². The lowest BCUT2D eigenvalue weighted by molar-refractivity contribution is -0.0424. The summed E-state index contributed by atoms with van der Waals surface area (Å²) in [7, 11) is -39.7. The Labute approximate surface area is 476 Å². The summed E-state index contributed by atoms with van der Waals surface area (Å²) in [6, 6.07) is 21.8. The zero-order valence-corrected chi connectivity index (χ0v) is 55.9. The van der Waals surface area contributed by atoms with Crippen LogP contribution >= 0.6 is 0 Å². The van der Waals surface area contributed by atoms with E-state index in [4.69, 9.17) is 49.4 Å². The maximum Gasteiger partial charge on any atom is 0.659 e. The molecule has 4 heterocycles. The van der Waals surface area contributed by atoms with E-state index in [9.17, 15) is 9.59 Å². The summed E-state index contributed by atoms with van der Waals surface area (Å²) in [6.45, 7) is 2.36. The average molecular weight is 1230 g/mol. The van der Waals surface area contributed by atoms with Crippen molar-refractivity contribution >= 4 is 89.4 Å². The first kappa shape index (κ1) is 56.9. The number of rotatable bonds is 11. The van der Waals surface area contributed by atoms with Crippen LogP contribution in [0.3, 0.4) is 0 Å². The summed E-state index contributed by atoms with van der Waals surface area (Å²) < 4.78 is 102. The molecule has 7 saturated carbocycles.